The molecule has 0 spiro atoms. The van der Waals surface area contributed by atoms with E-state index in [1.54, 1.807) is 14.0 Å². The van der Waals surface area contributed by atoms with E-state index in [4.69, 9.17) is 4.74 Å². The van der Waals surface area contributed by atoms with E-state index in [-0.39, 0.29) is 53.7 Å². The normalized spacial score (nSPS) is 19.1. The number of methoxy groups -OCH3 is 1. The summed E-state index contributed by atoms with van der Waals surface area (Å²) in [4.78, 5) is 29.4. The summed E-state index contributed by atoms with van der Waals surface area (Å²) in [6, 6.07) is 0.183. The van der Waals surface area contributed by atoms with E-state index in [0.29, 0.717) is 19.0 Å². The smallest absolute Gasteiger partial charge is 0.310 e. The monoisotopic (exact) mass is 440 g/mol. The topological polar surface area (TPSA) is 83.0 Å². The van der Waals surface area contributed by atoms with Crippen LogP contribution in [0, 0.1) is 11.8 Å². The number of carbonyl (C=O) groups excluding carboxylic acids is 2. The molecule has 0 aromatic carbocycles. The van der Waals surface area contributed by atoms with Crippen molar-refractivity contribution in [3.05, 3.63) is 0 Å². The van der Waals surface area contributed by atoms with Crippen molar-refractivity contribution < 1.29 is 14.3 Å². The number of esters is 1. The summed E-state index contributed by atoms with van der Waals surface area (Å²) in [5.74, 6) is 0.354. The Kier molecular flexibility index (Phi) is 10.2. The summed E-state index contributed by atoms with van der Waals surface area (Å²) < 4.78 is 4.69. The molecule has 0 aliphatic carbocycles. The van der Waals surface area contributed by atoms with E-state index >= 15 is 0 Å². The van der Waals surface area contributed by atoms with Gasteiger partial charge in [0.15, 0.2) is 5.96 Å². The van der Waals surface area contributed by atoms with Crippen LogP contribution in [0.4, 0.5) is 0 Å². The van der Waals surface area contributed by atoms with Gasteiger partial charge in [0.25, 0.3) is 0 Å². The number of ether oxygens (including phenoxy) is 1. The first kappa shape index (κ1) is 21.9. The SMILES string of the molecule is CN=C(NCC(C)C(=O)OC)NC1CCN(C(=O)C(C)C)C1.I. The van der Waals surface area contributed by atoms with Crippen molar-refractivity contribution in [1.29, 1.82) is 0 Å². The number of hydrogen-bond donors (Lipinski definition) is 2. The molecule has 1 heterocycles. The van der Waals surface area contributed by atoms with Crippen LogP contribution in [0.25, 0.3) is 0 Å². The molecule has 0 bridgehead atoms. The molecule has 1 aliphatic rings. The molecule has 1 fully saturated rings. The van der Waals surface area contributed by atoms with Crippen molar-refractivity contribution in [2.75, 3.05) is 33.8 Å². The number of halogens is 1. The second kappa shape index (κ2) is 10.7. The van der Waals surface area contributed by atoms with E-state index in [1.807, 2.05) is 18.7 Å². The third-order valence-electron chi connectivity index (χ3n) is 3.74. The Hall–Kier alpha value is -1.06. The average Bonchev–Trinajstić information content (AvgIpc) is 2.97. The Balaban J connectivity index is 0.00000484. The predicted molar refractivity (Wildman–Crippen MR) is 101 cm³/mol. The summed E-state index contributed by atoms with van der Waals surface area (Å²) >= 11 is 0. The first-order valence-electron chi connectivity index (χ1n) is 7.72. The molecular formula is C15H29IN4O3. The Morgan fingerprint density at radius 3 is 2.52 bits per heavy atom. The van der Waals surface area contributed by atoms with Gasteiger partial charge in [0.1, 0.15) is 0 Å². The molecule has 1 rings (SSSR count). The van der Waals surface area contributed by atoms with Crippen LogP contribution in [0.15, 0.2) is 4.99 Å². The van der Waals surface area contributed by atoms with Gasteiger partial charge in [0.2, 0.25) is 5.91 Å². The van der Waals surface area contributed by atoms with Crippen LogP contribution in [-0.4, -0.2) is 62.6 Å². The van der Waals surface area contributed by atoms with Crippen LogP contribution in [-0.2, 0) is 14.3 Å². The third-order valence-corrected chi connectivity index (χ3v) is 3.74. The number of guanidine groups is 1. The van der Waals surface area contributed by atoms with Crippen LogP contribution in [0.2, 0.25) is 0 Å². The Morgan fingerprint density at radius 2 is 2.00 bits per heavy atom. The van der Waals surface area contributed by atoms with E-state index < -0.39 is 0 Å². The van der Waals surface area contributed by atoms with Crippen LogP contribution < -0.4 is 10.6 Å². The number of amides is 1. The zero-order chi connectivity index (χ0) is 16.7. The molecule has 23 heavy (non-hydrogen) atoms. The summed E-state index contributed by atoms with van der Waals surface area (Å²) in [5, 5.41) is 6.41. The standard InChI is InChI=1S/C15H28N4O3.HI/c1-10(2)13(20)19-7-6-12(9-19)18-15(16-4)17-8-11(3)14(21)22-5;/h10-12H,6-9H2,1-5H3,(H2,16,17,18);1H. The predicted octanol–water partition coefficient (Wildman–Crippen LogP) is 0.835. The lowest BCUT2D eigenvalue weighted by Gasteiger charge is -2.21. The molecule has 1 amide bonds. The molecule has 0 aromatic heterocycles. The number of nitrogens with one attached hydrogen (secondary N) is 2. The average molecular weight is 440 g/mol. The molecule has 2 atom stereocenters. The van der Waals surface area contributed by atoms with Crippen molar-refractivity contribution >= 4 is 41.8 Å². The van der Waals surface area contributed by atoms with E-state index in [1.165, 1.54) is 7.11 Å². The van der Waals surface area contributed by atoms with Crippen LogP contribution in [0.1, 0.15) is 27.2 Å². The molecule has 1 saturated heterocycles. The molecule has 134 valence electrons. The molecule has 0 aromatic rings. The highest BCUT2D eigenvalue weighted by Gasteiger charge is 2.28. The Labute approximate surface area is 155 Å². The summed E-state index contributed by atoms with van der Waals surface area (Å²) in [7, 11) is 3.06. The van der Waals surface area contributed by atoms with E-state index in [9.17, 15) is 9.59 Å². The van der Waals surface area contributed by atoms with Crippen molar-refractivity contribution in [2.45, 2.75) is 33.2 Å². The summed E-state index contributed by atoms with van der Waals surface area (Å²) in [5.41, 5.74) is 0. The van der Waals surface area contributed by atoms with Crippen LogP contribution in [0.5, 0.6) is 0 Å². The van der Waals surface area contributed by atoms with Crippen molar-refractivity contribution in [2.24, 2.45) is 16.8 Å². The van der Waals surface area contributed by atoms with Gasteiger partial charge in [-0.2, -0.15) is 0 Å². The first-order chi connectivity index (χ1) is 10.4. The van der Waals surface area contributed by atoms with Gasteiger partial charge >= 0.3 is 5.97 Å². The highest BCUT2D eigenvalue weighted by atomic mass is 127. The maximum absolute atomic E-state index is 12.0. The summed E-state index contributed by atoms with van der Waals surface area (Å²) in [6.45, 7) is 7.53. The van der Waals surface area contributed by atoms with Gasteiger partial charge in [0.05, 0.1) is 13.0 Å². The van der Waals surface area contributed by atoms with E-state index in [0.717, 1.165) is 13.0 Å². The molecule has 2 N–H and O–H groups in total. The van der Waals surface area contributed by atoms with Gasteiger partial charge < -0.3 is 20.3 Å². The quantitative estimate of drug-likeness (QED) is 0.287. The van der Waals surface area contributed by atoms with Gasteiger partial charge in [-0.05, 0) is 6.42 Å². The molecule has 7 nitrogen and oxygen atoms in total. The van der Waals surface area contributed by atoms with Crippen molar-refractivity contribution in [3.8, 4) is 0 Å². The fourth-order valence-electron chi connectivity index (χ4n) is 2.37. The van der Waals surface area contributed by atoms with E-state index in [2.05, 4.69) is 15.6 Å². The number of aliphatic imine (C=N–C) groups is 1. The number of likely N-dealkylation sites (tertiary alicyclic amines) is 1. The highest BCUT2D eigenvalue weighted by molar-refractivity contribution is 14.0. The van der Waals surface area contributed by atoms with Crippen LogP contribution >= 0.6 is 24.0 Å². The maximum atomic E-state index is 12.0. The minimum absolute atomic E-state index is 0. The Morgan fingerprint density at radius 1 is 1.35 bits per heavy atom. The number of nitrogens with zero attached hydrogens (tertiary/aromatic N) is 2. The molecule has 0 saturated carbocycles. The second-order valence-corrected chi connectivity index (χ2v) is 5.95. The van der Waals surface area contributed by atoms with Gasteiger partial charge in [-0.3, -0.25) is 14.6 Å². The lowest BCUT2D eigenvalue weighted by atomic mass is 10.2. The van der Waals surface area contributed by atoms with Crippen molar-refractivity contribution in [3.63, 3.8) is 0 Å². The molecule has 8 heteroatoms. The molecule has 1 aliphatic heterocycles. The molecule has 0 radical (unpaired) electrons. The van der Waals surface area contributed by atoms with Gasteiger partial charge in [-0.25, -0.2) is 0 Å². The largest absolute Gasteiger partial charge is 0.469 e. The molecule has 2 unspecified atom stereocenters. The summed E-state index contributed by atoms with van der Waals surface area (Å²) in [6.07, 6.45) is 0.895. The minimum atomic E-state index is -0.252. The fourth-order valence-corrected chi connectivity index (χ4v) is 2.37. The highest BCUT2D eigenvalue weighted by Crippen LogP contribution is 2.12. The van der Waals surface area contributed by atoms with Crippen LogP contribution in [0.3, 0.4) is 0 Å². The number of carbonyl (C=O) groups is 2. The third kappa shape index (κ3) is 6.92. The first-order valence-corrected chi connectivity index (χ1v) is 7.72. The van der Waals surface area contributed by atoms with Crippen molar-refractivity contribution in [1.82, 2.24) is 15.5 Å². The second-order valence-electron chi connectivity index (χ2n) is 5.95. The van der Waals surface area contributed by atoms with Gasteiger partial charge in [0, 0.05) is 38.6 Å². The number of rotatable bonds is 5. The van der Waals surface area contributed by atoms with Gasteiger partial charge in [-0.1, -0.05) is 20.8 Å². The fraction of sp³-hybridized carbons (Fsp3) is 0.800. The zero-order valence-electron chi connectivity index (χ0n) is 14.6. The van der Waals surface area contributed by atoms with Gasteiger partial charge in [-0.15, -0.1) is 24.0 Å². The Bertz CT molecular complexity index is 429. The molecular weight excluding hydrogens is 411 g/mol. The maximum Gasteiger partial charge on any atom is 0.310 e. The lowest BCUT2D eigenvalue weighted by molar-refractivity contribution is -0.144. The minimum Gasteiger partial charge on any atom is -0.469 e. The zero-order valence-corrected chi connectivity index (χ0v) is 16.9. The number of hydrogen-bond acceptors (Lipinski definition) is 4. The lowest BCUT2D eigenvalue weighted by Crippen LogP contribution is -2.46.